The Morgan fingerprint density at radius 3 is 1.81 bits per heavy atom. The van der Waals surface area contributed by atoms with E-state index in [0.717, 1.165) is 38.9 Å². The number of carboxylic acid groups (broad SMARTS) is 1. The van der Waals surface area contributed by atoms with E-state index in [1.807, 2.05) is 88.0 Å². The van der Waals surface area contributed by atoms with Gasteiger partial charge in [-0.3, -0.25) is 20.1 Å². The number of aliphatic carboxylic acids is 1. The molecule has 0 amide bonds. The number of hydrogen-bond donors (Lipinski definition) is 4. The fraction of sp³-hybridized carbons (Fsp3) is 0.273. The first-order valence-corrected chi connectivity index (χ1v) is 13.1. The molecule has 3 aromatic rings. The van der Waals surface area contributed by atoms with E-state index >= 15 is 0 Å². The van der Waals surface area contributed by atoms with Gasteiger partial charge in [-0.25, -0.2) is 4.79 Å². The summed E-state index contributed by atoms with van der Waals surface area (Å²) in [5.41, 5.74) is 19.7. The molecule has 0 aliphatic carbocycles. The third-order valence-electron chi connectivity index (χ3n) is 5.98. The number of aryl methyl sites for hydroxylation is 3. The van der Waals surface area contributed by atoms with Crippen molar-refractivity contribution >= 4 is 24.9 Å². The van der Waals surface area contributed by atoms with Gasteiger partial charge < -0.3 is 25.4 Å². The molecule has 230 valence electrons. The van der Waals surface area contributed by atoms with Crippen LogP contribution in [0.2, 0.25) is 0 Å². The normalized spacial score (nSPS) is 11.4. The average Bonchev–Trinajstić information content (AvgIpc) is 2.98. The van der Waals surface area contributed by atoms with E-state index < -0.39 is 18.2 Å². The minimum absolute atomic E-state index is 0.0624. The van der Waals surface area contributed by atoms with Gasteiger partial charge in [0.15, 0.2) is 12.2 Å². The molecule has 3 rings (SSSR count). The molecule has 6 N–H and O–H groups in total. The molecular formula is C33H40N2O8. The van der Waals surface area contributed by atoms with Gasteiger partial charge in [-0.05, 0) is 73.4 Å². The average molecular weight is 593 g/mol. The van der Waals surface area contributed by atoms with Gasteiger partial charge in [-0.1, -0.05) is 66.7 Å². The van der Waals surface area contributed by atoms with Crippen LogP contribution in [0.4, 0.5) is 0 Å². The van der Waals surface area contributed by atoms with Gasteiger partial charge in [-0.15, -0.1) is 0 Å². The molecule has 0 spiro atoms. The van der Waals surface area contributed by atoms with Crippen molar-refractivity contribution in [2.24, 2.45) is 11.5 Å². The van der Waals surface area contributed by atoms with Gasteiger partial charge in [-0.2, -0.15) is 0 Å². The molecule has 0 heterocycles. The molecule has 3 atom stereocenters. The Balaban J connectivity index is 0.000000582. The minimum Gasteiger partial charge on any atom is -0.481 e. The lowest BCUT2D eigenvalue weighted by atomic mass is 9.97. The van der Waals surface area contributed by atoms with E-state index in [-0.39, 0.29) is 19.1 Å². The summed E-state index contributed by atoms with van der Waals surface area (Å²) < 4.78 is 9.43. The van der Waals surface area contributed by atoms with E-state index in [1.54, 1.807) is 12.1 Å². The third kappa shape index (κ3) is 15.1. The van der Waals surface area contributed by atoms with Crippen LogP contribution in [0.5, 0.6) is 0 Å². The van der Waals surface area contributed by atoms with Crippen LogP contribution in [0, 0.1) is 20.8 Å². The molecule has 0 aliphatic heterocycles. The first kappa shape index (κ1) is 38.2. The van der Waals surface area contributed by atoms with E-state index in [4.69, 9.17) is 31.2 Å². The van der Waals surface area contributed by atoms with Crippen molar-refractivity contribution in [1.29, 1.82) is 0 Å². The number of nitrogens with two attached hydrogens (primary N) is 2. The Hall–Kier alpha value is -4.82. The van der Waals surface area contributed by atoms with Crippen LogP contribution in [0.3, 0.4) is 0 Å². The lowest BCUT2D eigenvalue weighted by Crippen LogP contribution is -2.16. The maximum Gasteiger partial charge on any atom is 0.305 e. The van der Waals surface area contributed by atoms with E-state index in [1.165, 1.54) is 5.94 Å². The number of benzene rings is 3. The highest BCUT2D eigenvalue weighted by atomic mass is 16.5. The monoisotopic (exact) mass is 592 g/mol. The lowest BCUT2D eigenvalue weighted by Gasteiger charge is -2.13. The highest BCUT2D eigenvalue weighted by Crippen LogP contribution is 2.21. The number of ether oxygens (including phenoxy) is 2. The Morgan fingerprint density at radius 1 is 0.884 bits per heavy atom. The Kier molecular flexibility index (Phi) is 19.4. The molecule has 0 aliphatic rings. The highest BCUT2D eigenvalue weighted by Gasteiger charge is 2.13. The van der Waals surface area contributed by atoms with Crippen molar-refractivity contribution in [2.75, 3.05) is 0 Å². The topological polar surface area (TPSA) is 179 Å². The molecule has 3 unspecified atom stereocenters. The highest BCUT2D eigenvalue weighted by molar-refractivity contribution is 5.68. The quantitative estimate of drug-likeness (QED) is 0.113. The summed E-state index contributed by atoms with van der Waals surface area (Å²) in [5, 5.41) is 17.6. The van der Waals surface area contributed by atoms with Crippen molar-refractivity contribution in [3.05, 3.63) is 118 Å². The predicted octanol–water partition coefficient (Wildman–Crippen LogP) is 4.48. The van der Waals surface area contributed by atoms with E-state index in [2.05, 4.69) is 11.3 Å². The van der Waals surface area contributed by atoms with Crippen LogP contribution in [0.25, 0.3) is 0 Å². The van der Waals surface area contributed by atoms with Crippen molar-refractivity contribution in [3.63, 3.8) is 0 Å². The molecule has 10 nitrogen and oxygen atoms in total. The van der Waals surface area contributed by atoms with Gasteiger partial charge in [0, 0.05) is 11.6 Å². The zero-order chi connectivity index (χ0) is 32.8. The number of aliphatic hydroxyl groups is 1. The number of rotatable bonds is 10. The second-order valence-electron chi connectivity index (χ2n) is 9.07. The number of carbonyl (C=O) groups excluding carboxylic acids is 3. The first-order valence-electron chi connectivity index (χ1n) is 13.1. The van der Waals surface area contributed by atoms with Gasteiger partial charge in [0.05, 0.1) is 13.0 Å². The molecule has 0 bridgehead atoms. The SMILES string of the molecule is C=C=C=O.Cc1ccc(CO)cc1C(N)CC(=O)O.Cc1ccccc1C(C)OC=O.Cc1ccccc1C(N)OC=O. The molecule has 43 heavy (non-hydrogen) atoms. The summed E-state index contributed by atoms with van der Waals surface area (Å²) in [6, 6.07) is 20.3. The summed E-state index contributed by atoms with van der Waals surface area (Å²) in [6.07, 6.45) is -0.900. The number of carbonyl (C=O) groups is 3. The predicted molar refractivity (Wildman–Crippen MR) is 163 cm³/mol. The van der Waals surface area contributed by atoms with Crippen molar-refractivity contribution in [1.82, 2.24) is 0 Å². The standard InChI is InChI=1S/C11H15NO3.C10H12O2.C9H11NO2.C3H2O/c1-7-2-3-8(6-13)4-9(7)10(12)5-11(14)15;1-8-5-3-4-6-10(8)9(2)12-7-11;1-7-4-2-3-5-8(7)9(10)12-6-11;1-2-3-4/h2-4,10,13H,5-6,12H2,1H3,(H,14,15);3-7,9H,1-2H3;2-6,9H,10H2,1H3;1H2. The van der Waals surface area contributed by atoms with Crippen LogP contribution in [-0.4, -0.2) is 35.1 Å². The van der Waals surface area contributed by atoms with Crippen molar-refractivity contribution < 1.29 is 38.9 Å². The molecule has 3 aromatic carbocycles. The van der Waals surface area contributed by atoms with Gasteiger partial charge in [0.25, 0.3) is 12.9 Å². The Morgan fingerprint density at radius 2 is 1.37 bits per heavy atom. The van der Waals surface area contributed by atoms with Crippen LogP contribution >= 0.6 is 0 Å². The van der Waals surface area contributed by atoms with E-state index in [9.17, 15) is 14.4 Å². The molecular weight excluding hydrogens is 552 g/mol. The third-order valence-corrected chi connectivity index (χ3v) is 5.98. The zero-order valence-electron chi connectivity index (χ0n) is 24.9. The smallest absolute Gasteiger partial charge is 0.305 e. The van der Waals surface area contributed by atoms with Gasteiger partial charge in [0.2, 0.25) is 0 Å². The summed E-state index contributed by atoms with van der Waals surface area (Å²) in [7, 11) is 0. The summed E-state index contributed by atoms with van der Waals surface area (Å²) in [4.78, 5) is 39.5. The van der Waals surface area contributed by atoms with Gasteiger partial charge >= 0.3 is 5.97 Å². The number of hydrogen-bond acceptors (Lipinski definition) is 9. The summed E-state index contributed by atoms with van der Waals surface area (Å²) in [5.74, 6) is 0.399. The molecule has 0 radical (unpaired) electrons. The van der Waals surface area contributed by atoms with Crippen molar-refractivity contribution in [2.45, 2.75) is 59.1 Å². The van der Waals surface area contributed by atoms with Crippen LogP contribution in [0.1, 0.15) is 70.7 Å². The Bertz CT molecular complexity index is 1300. The number of aliphatic hydroxyl groups excluding tert-OH is 1. The maximum absolute atomic E-state index is 10.5. The fourth-order valence-electron chi connectivity index (χ4n) is 3.72. The fourth-order valence-corrected chi connectivity index (χ4v) is 3.72. The Labute approximate surface area is 252 Å². The van der Waals surface area contributed by atoms with E-state index in [0.29, 0.717) is 12.9 Å². The van der Waals surface area contributed by atoms with Crippen LogP contribution in [-0.2, 0) is 35.3 Å². The molecule has 10 heteroatoms. The second kappa shape index (κ2) is 21.9. The van der Waals surface area contributed by atoms with Crippen LogP contribution < -0.4 is 11.5 Å². The molecule has 0 saturated carbocycles. The maximum atomic E-state index is 10.5. The molecule has 0 saturated heterocycles. The van der Waals surface area contributed by atoms with Crippen LogP contribution in [0.15, 0.2) is 79.0 Å². The largest absolute Gasteiger partial charge is 0.481 e. The lowest BCUT2D eigenvalue weighted by molar-refractivity contribution is -0.137. The zero-order valence-corrected chi connectivity index (χ0v) is 24.9. The first-order chi connectivity index (χ1) is 20.5. The second-order valence-corrected chi connectivity index (χ2v) is 9.07. The summed E-state index contributed by atoms with van der Waals surface area (Å²) >= 11 is 0. The van der Waals surface area contributed by atoms with Crippen molar-refractivity contribution in [3.8, 4) is 0 Å². The molecule has 0 aromatic heterocycles. The van der Waals surface area contributed by atoms with Gasteiger partial charge in [0.1, 0.15) is 6.10 Å². The minimum atomic E-state index is -0.920. The molecule has 0 fully saturated rings. The number of carboxylic acids is 1. The summed E-state index contributed by atoms with van der Waals surface area (Å²) in [6.45, 7) is 11.4.